The van der Waals surface area contributed by atoms with Gasteiger partial charge in [0.15, 0.2) is 11.5 Å². The Morgan fingerprint density at radius 1 is 1.17 bits per heavy atom. The normalized spacial score (nSPS) is 14.2. The predicted molar refractivity (Wildman–Crippen MR) is 90.6 cm³/mol. The maximum Gasteiger partial charge on any atom is 0.267 e. The van der Waals surface area contributed by atoms with Crippen LogP contribution < -0.4 is 14.8 Å². The molecule has 24 heavy (non-hydrogen) atoms. The van der Waals surface area contributed by atoms with Gasteiger partial charge in [-0.2, -0.15) is 0 Å². The lowest BCUT2D eigenvalue weighted by Gasteiger charge is -2.19. The van der Waals surface area contributed by atoms with Gasteiger partial charge in [-0.25, -0.2) is 0 Å². The summed E-state index contributed by atoms with van der Waals surface area (Å²) in [5.74, 6) is 1.00. The number of ether oxygens (including phenoxy) is 2. The van der Waals surface area contributed by atoms with E-state index >= 15 is 0 Å². The number of hydrogen-bond acceptors (Lipinski definition) is 5. The van der Waals surface area contributed by atoms with Crippen molar-refractivity contribution >= 4 is 17.8 Å². The fraction of sp³-hybridized carbons (Fsp3) is 0.222. The molecule has 0 aromatic heterocycles. The summed E-state index contributed by atoms with van der Waals surface area (Å²) >= 11 is 0. The van der Waals surface area contributed by atoms with Crippen LogP contribution in [0.1, 0.15) is 12.5 Å². The van der Waals surface area contributed by atoms with E-state index in [1.807, 2.05) is 30.3 Å². The third kappa shape index (κ3) is 4.04. The van der Waals surface area contributed by atoms with Crippen molar-refractivity contribution in [2.45, 2.75) is 13.0 Å². The van der Waals surface area contributed by atoms with Crippen molar-refractivity contribution in [3.8, 4) is 11.5 Å². The van der Waals surface area contributed by atoms with E-state index in [0.717, 1.165) is 5.56 Å². The van der Waals surface area contributed by atoms with Gasteiger partial charge < -0.3 is 19.6 Å². The number of nitrogens with one attached hydrogen (secondary N) is 1. The van der Waals surface area contributed by atoms with Crippen LogP contribution in [0.3, 0.4) is 0 Å². The molecule has 124 valence electrons. The summed E-state index contributed by atoms with van der Waals surface area (Å²) in [6.07, 6.45) is 0.839. The zero-order valence-electron chi connectivity index (χ0n) is 13.3. The Morgan fingerprint density at radius 2 is 1.92 bits per heavy atom. The number of anilines is 1. The minimum atomic E-state index is -0.724. The minimum Gasteiger partial charge on any atom is -0.486 e. The van der Waals surface area contributed by atoms with Gasteiger partial charge in [0, 0.05) is 11.8 Å². The Balaban J connectivity index is 1.55. The third-order valence-corrected chi connectivity index (χ3v) is 3.40. The van der Waals surface area contributed by atoms with Crippen molar-refractivity contribution in [1.82, 2.24) is 0 Å². The zero-order chi connectivity index (χ0) is 16.8. The van der Waals surface area contributed by atoms with Crippen LogP contribution in [0.2, 0.25) is 0 Å². The Kier molecular flexibility index (Phi) is 4.96. The third-order valence-electron chi connectivity index (χ3n) is 3.40. The van der Waals surface area contributed by atoms with E-state index in [1.54, 1.807) is 31.3 Å². The highest BCUT2D eigenvalue weighted by Crippen LogP contribution is 2.32. The number of nitrogens with zero attached hydrogens (tertiary/aromatic N) is 1. The molecule has 0 saturated heterocycles. The summed E-state index contributed by atoms with van der Waals surface area (Å²) < 4.78 is 10.9. The molecule has 2 aromatic carbocycles. The van der Waals surface area contributed by atoms with Gasteiger partial charge in [0.2, 0.25) is 6.10 Å². The van der Waals surface area contributed by atoms with Crippen LogP contribution in [-0.4, -0.2) is 31.4 Å². The van der Waals surface area contributed by atoms with Crippen molar-refractivity contribution in [2.24, 2.45) is 5.16 Å². The number of fused-ring (bicyclic) bond motifs is 1. The number of rotatable bonds is 5. The molecule has 2 aromatic rings. The lowest BCUT2D eigenvalue weighted by atomic mass is 10.2. The molecule has 0 fully saturated rings. The second-order valence-corrected chi connectivity index (χ2v) is 5.24. The van der Waals surface area contributed by atoms with Gasteiger partial charge in [-0.05, 0) is 24.6 Å². The maximum atomic E-state index is 12.1. The van der Waals surface area contributed by atoms with Crippen molar-refractivity contribution < 1.29 is 19.1 Å². The Hall–Kier alpha value is -3.02. The first-order valence-corrected chi connectivity index (χ1v) is 7.67. The van der Waals surface area contributed by atoms with Crippen LogP contribution in [0.15, 0.2) is 53.7 Å². The molecule has 0 radical (unpaired) electrons. The van der Waals surface area contributed by atoms with Crippen molar-refractivity contribution in [3.63, 3.8) is 0 Å². The van der Waals surface area contributed by atoms with Crippen LogP contribution in [0.5, 0.6) is 11.5 Å². The molecular weight excluding hydrogens is 308 g/mol. The smallest absolute Gasteiger partial charge is 0.267 e. The second-order valence-electron chi connectivity index (χ2n) is 5.24. The molecule has 3 rings (SSSR count). The molecule has 0 spiro atoms. The van der Waals surface area contributed by atoms with Crippen LogP contribution in [0.25, 0.3) is 0 Å². The first kappa shape index (κ1) is 15.9. The summed E-state index contributed by atoms with van der Waals surface area (Å²) in [6, 6.07) is 14.8. The number of carbonyl (C=O) groups is 1. The lowest BCUT2D eigenvalue weighted by molar-refractivity contribution is -0.126. The number of carbonyl (C=O) groups excluding carboxylic acids is 1. The molecule has 1 N–H and O–H groups in total. The van der Waals surface area contributed by atoms with E-state index in [9.17, 15) is 4.79 Å². The largest absolute Gasteiger partial charge is 0.486 e. The molecule has 1 amide bonds. The van der Waals surface area contributed by atoms with Crippen LogP contribution in [0.4, 0.5) is 5.69 Å². The molecule has 0 unspecified atom stereocenters. The Labute approximate surface area is 140 Å². The zero-order valence-corrected chi connectivity index (χ0v) is 13.3. The van der Waals surface area contributed by atoms with Gasteiger partial charge in [0.1, 0.15) is 13.2 Å². The van der Waals surface area contributed by atoms with E-state index in [0.29, 0.717) is 30.4 Å². The molecule has 0 bridgehead atoms. The summed E-state index contributed by atoms with van der Waals surface area (Å²) in [4.78, 5) is 17.3. The SMILES string of the molecule is C[C@@H](O/N=C\c1ccccc1)C(=O)Nc1ccc2c(c1)OCCO2. The van der Waals surface area contributed by atoms with Gasteiger partial charge in [-0.3, -0.25) is 4.79 Å². The average Bonchev–Trinajstić information content (AvgIpc) is 2.62. The van der Waals surface area contributed by atoms with Crippen LogP contribution in [-0.2, 0) is 9.63 Å². The highest BCUT2D eigenvalue weighted by molar-refractivity contribution is 5.94. The van der Waals surface area contributed by atoms with Gasteiger partial charge in [-0.1, -0.05) is 35.5 Å². The molecule has 1 heterocycles. The van der Waals surface area contributed by atoms with Gasteiger partial charge in [0.25, 0.3) is 5.91 Å². The van der Waals surface area contributed by atoms with E-state index in [-0.39, 0.29) is 5.91 Å². The van der Waals surface area contributed by atoms with Gasteiger partial charge in [0.05, 0.1) is 6.21 Å². The second kappa shape index (κ2) is 7.50. The standard InChI is InChI=1S/C18H18N2O4/c1-13(24-19-12-14-5-3-2-4-6-14)18(21)20-15-7-8-16-17(11-15)23-10-9-22-16/h2-8,11-13H,9-10H2,1H3,(H,20,21)/b19-12-/t13-/m1/s1. The Morgan fingerprint density at radius 3 is 2.71 bits per heavy atom. The molecule has 1 aliphatic rings. The van der Waals surface area contributed by atoms with Crippen LogP contribution >= 0.6 is 0 Å². The number of amides is 1. The highest BCUT2D eigenvalue weighted by atomic mass is 16.6. The molecular formula is C18H18N2O4. The molecule has 0 saturated carbocycles. The predicted octanol–water partition coefficient (Wildman–Crippen LogP) is 2.84. The van der Waals surface area contributed by atoms with E-state index in [1.165, 1.54) is 0 Å². The van der Waals surface area contributed by atoms with Crippen LogP contribution in [0, 0.1) is 0 Å². The number of hydrogen-bond donors (Lipinski definition) is 1. The molecule has 0 aliphatic carbocycles. The lowest BCUT2D eigenvalue weighted by Crippen LogP contribution is -2.26. The minimum absolute atomic E-state index is 0.295. The molecule has 1 aliphatic heterocycles. The fourth-order valence-electron chi connectivity index (χ4n) is 2.13. The fourth-order valence-corrected chi connectivity index (χ4v) is 2.13. The molecule has 6 nitrogen and oxygen atoms in total. The maximum absolute atomic E-state index is 12.1. The molecule has 1 atom stereocenters. The summed E-state index contributed by atoms with van der Waals surface area (Å²) in [6.45, 7) is 2.66. The van der Waals surface area contributed by atoms with E-state index in [4.69, 9.17) is 14.3 Å². The summed E-state index contributed by atoms with van der Waals surface area (Å²) in [7, 11) is 0. The average molecular weight is 326 g/mol. The van der Waals surface area contributed by atoms with E-state index < -0.39 is 6.10 Å². The van der Waals surface area contributed by atoms with Crippen molar-refractivity contribution in [1.29, 1.82) is 0 Å². The molecule has 6 heteroatoms. The van der Waals surface area contributed by atoms with E-state index in [2.05, 4.69) is 10.5 Å². The Bertz CT molecular complexity index is 731. The van der Waals surface area contributed by atoms with Gasteiger partial charge in [-0.15, -0.1) is 0 Å². The topological polar surface area (TPSA) is 69.2 Å². The number of benzene rings is 2. The first-order valence-electron chi connectivity index (χ1n) is 7.67. The highest BCUT2D eigenvalue weighted by Gasteiger charge is 2.16. The summed E-state index contributed by atoms with van der Waals surface area (Å²) in [5, 5.41) is 6.61. The van der Waals surface area contributed by atoms with Crippen molar-refractivity contribution in [3.05, 3.63) is 54.1 Å². The quantitative estimate of drug-likeness (QED) is 0.677. The number of oxime groups is 1. The van der Waals surface area contributed by atoms with Gasteiger partial charge >= 0.3 is 0 Å². The van der Waals surface area contributed by atoms with Crippen molar-refractivity contribution in [2.75, 3.05) is 18.5 Å². The first-order chi connectivity index (χ1) is 11.7. The monoisotopic (exact) mass is 326 g/mol. The summed E-state index contributed by atoms with van der Waals surface area (Å²) in [5.41, 5.74) is 1.52.